The van der Waals surface area contributed by atoms with E-state index in [4.69, 9.17) is 0 Å². The molecule has 1 atom stereocenters. The van der Waals surface area contributed by atoms with Crippen LogP contribution in [0.25, 0.3) is 0 Å². The summed E-state index contributed by atoms with van der Waals surface area (Å²) in [7, 11) is 0. The molecule has 1 fully saturated rings. The van der Waals surface area contributed by atoms with Gasteiger partial charge in [-0.25, -0.2) is 0 Å². The van der Waals surface area contributed by atoms with Crippen LogP contribution < -0.4 is 16.0 Å². The highest BCUT2D eigenvalue weighted by Gasteiger charge is 2.34. The Morgan fingerprint density at radius 3 is 2.45 bits per heavy atom. The summed E-state index contributed by atoms with van der Waals surface area (Å²) in [6, 6.07) is 7.25. The zero-order chi connectivity index (χ0) is 16.2. The number of carbonyl (C=O) groups excluding carboxylic acids is 2. The topological polar surface area (TPSA) is 70.2 Å². The van der Waals surface area contributed by atoms with E-state index < -0.39 is 5.54 Å². The molecule has 0 spiro atoms. The lowest BCUT2D eigenvalue weighted by Crippen LogP contribution is -2.54. The second-order valence-electron chi connectivity index (χ2n) is 6.39. The van der Waals surface area contributed by atoms with Gasteiger partial charge in [0.05, 0.1) is 5.54 Å². The minimum atomic E-state index is -0.518. The van der Waals surface area contributed by atoms with E-state index in [1.807, 2.05) is 39.0 Å². The number of carbonyl (C=O) groups is 2. The molecule has 0 aliphatic carbocycles. The van der Waals surface area contributed by atoms with Crippen LogP contribution in [-0.4, -0.2) is 23.9 Å². The Bertz CT molecular complexity index is 549. The Balaban J connectivity index is 2.03. The van der Waals surface area contributed by atoms with Crippen LogP contribution in [0, 0.1) is 5.92 Å². The highest BCUT2D eigenvalue weighted by molar-refractivity contribution is 5.99. The van der Waals surface area contributed by atoms with E-state index in [1.165, 1.54) is 0 Å². The monoisotopic (exact) mass is 303 g/mol. The number of rotatable bonds is 4. The van der Waals surface area contributed by atoms with Gasteiger partial charge in [-0.2, -0.15) is 0 Å². The third kappa shape index (κ3) is 4.07. The number of hydrogen-bond acceptors (Lipinski definition) is 3. The van der Waals surface area contributed by atoms with Crippen molar-refractivity contribution < 1.29 is 9.59 Å². The van der Waals surface area contributed by atoms with Gasteiger partial charge in [0.15, 0.2) is 0 Å². The molecular weight excluding hydrogens is 278 g/mol. The number of benzene rings is 1. The van der Waals surface area contributed by atoms with Crippen LogP contribution in [0.4, 0.5) is 11.4 Å². The van der Waals surface area contributed by atoms with Gasteiger partial charge in [-0.3, -0.25) is 9.59 Å². The van der Waals surface area contributed by atoms with Crippen LogP contribution >= 0.6 is 0 Å². The fraction of sp³-hybridized carbons (Fsp3) is 0.529. The van der Waals surface area contributed by atoms with E-state index in [0.29, 0.717) is 11.4 Å². The van der Waals surface area contributed by atoms with E-state index in [1.54, 1.807) is 6.07 Å². The molecule has 3 N–H and O–H groups in total. The lowest BCUT2D eigenvalue weighted by Gasteiger charge is -2.33. The van der Waals surface area contributed by atoms with E-state index in [-0.39, 0.29) is 17.7 Å². The van der Waals surface area contributed by atoms with Gasteiger partial charge in [0.25, 0.3) is 0 Å². The number of anilines is 2. The minimum Gasteiger partial charge on any atom is -0.326 e. The molecule has 1 saturated heterocycles. The summed E-state index contributed by atoms with van der Waals surface area (Å²) in [6.07, 6.45) is 3.00. The Morgan fingerprint density at radius 1 is 1.18 bits per heavy atom. The molecule has 1 aromatic carbocycles. The standard InChI is InChI=1S/C17H25N3O2/c1-12(2)15(21)19-13-7-6-8-14(11-13)20-16(22)17(3)9-4-5-10-18-17/h6-8,11-12,18H,4-5,9-10H2,1-3H3,(H,19,21)(H,20,22). The van der Waals surface area contributed by atoms with Crippen LogP contribution in [0.15, 0.2) is 24.3 Å². The SMILES string of the molecule is CC(C)C(=O)Nc1cccc(NC(=O)C2(C)CCCCN2)c1. The van der Waals surface area contributed by atoms with Gasteiger partial charge in [0, 0.05) is 17.3 Å². The molecule has 1 heterocycles. The first-order valence-corrected chi connectivity index (χ1v) is 7.88. The summed E-state index contributed by atoms with van der Waals surface area (Å²) in [6.45, 7) is 6.49. The molecular formula is C17H25N3O2. The van der Waals surface area contributed by atoms with Crippen molar-refractivity contribution in [1.29, 1.82) is 0 Å². The van der Waals surface area contributed by atoms with Crippen molar-refractivity contribution in [3.05, 3.63) is 24.3 Å². The van der Waals surface area contributed by atoms with E-state index in [2.05, 4.69) is 16.0 Å². The normalized spacial score (nSPS) is 21.5. The molecule has 1 aromatic rings. The summed E-state index contributed by atoms with van der Waals surface area (Å²) >= 11 is 0. The van der Waals surface area contributed by atoms with Crippen LogP contribution in [0.2, 0.25) is 0 Å². The first kappa shape index (κ1) is 16.5. The Labute approximate surface area is 131 Å². The molecule has 1 aliphatic heterocycles. The first-order valence-electron chi connectivity index (χ1n) is 7.88. The summed E-state index contributed by atoms with van der Waals surface area (Å²) in [5, 5.41) is 9.08. The molecule has 1 aliphatic rings. The number of piperidine rings is 1. The van der Waals surface area contributed by atoms with E-state index >= 15 is 0 Å². The van der Waals surface area contributed by atoms with Crippen molar-refractivity contribution >= 4 is 23.2 Å². The summed E-state index contributed by atoms with van der Waals surface area (Å²) in [5.41, 5.74) is 0.869. The van der Waals surface area contributed by atoms with Crippen molar-refractivity contribution in [1.82, 2.24) is 5.32 Å². The molecule has 0 bridgehead atoms. The van der Waals surface area contributed by atoms with Gasteiger partial charge in [-0.1, -0.05) is 19.9 Å². The van der Waals surface area contributed by atoms with Gasteiger partial charge >= 0.3 is 0 Å². The zero-order valence-corrected chi connectivity index (χ0v) is 13.5. The van der Waals surface area contributed by atoms with Crippen LogP contribution in [0.5, 0.6) is 0 Å². The summed E-state index contributed by atoms with van der Waals surface area (Å²) < 4.78 is 0. The highest BCUT2D eigenvalue weighted by Crippen LogP contribution is 2.22. The third-order valence-corrected chi connectivity index (χ3v) is 4.03. The van der Waals surface area contributed by atoms with Gasteiger partial charge in [-0.05, 0) is 50.9 Å². The fourth-order valence-electron chi connectivity index (χ4n) is 2.48. The van der Waals surface area contributed by atoms with Crippen molar-refractivity contribution in [3.8, 4) is 0 Å². The maximum absolute atomic E-state index is 12.5. The third-order valence-electron chi connectivity index (χ3n) is 4.03. The van der Waals surface area contributed by atoms with Gasteiger partial charge in [0.1, 0.15) is 0 Å². The smallest absolute Gasteiger partial charge is 0.244 e. The molecule has 0 aromatic heterocycles. The molecule has 1 unspecified atom stereocenters. The quantitative estimate of drug-likeness (QED) is 0.801. The van der Waals surface area contributed by atoms with E-state index in [9.17, 15) is 9.59 Å². The van der Waals surface area contributed by atoms with Crippen molar-refractivity contribution in [2.45, 2.75) is 45.6 Å². The molecule has 2 amide bonds. The van der Waals surface area contributed by atoms with Gasteiger partial charge < -0.3 is 16.0 Å². The average Bonchev–Trinajstić information content (AvgIpc) is 2.48. The molecule has 5 nitrogen and oxygen atoms in total. The summed E-state index contributed by atoms with van der Waals surface area (Å²) in [5.74, 6) is -0.146. The second-order valence-corrected chi connectivity index (χ2v) is 6.39. The highest BCUT2D eigenvalue weighted by atomic mass is 16.2. The molecule has 0 saturated carbocycles. The molecule has 2 rings (SSSR count). The number of amides is 2. The minimum absolute atomic E-state index is 0.0282. The molecule has 22 heavy (non-hydrogen) atoms. The average molecular weight is 303 g/mol. The zero-order valence-electron chi connectivity index (χ0n) is 13.5. The first-order chi connectivity index (χ1) is 10.4. The molecule has 120 valence electrons. The lowest BCUT2D eigenvalue weighted by atomic mass is 9.90. The van der Waals surface area contributed by atoms with Crippen LogP contribution in [0.1, 0.15) is 40.0 Å². The predicted octanol–water partition coefficient (Wildman–Crippen LogP) is 2.75. The van der Waals surface area contributed by atoms with Crippen molar-refractivity contribution in [3.63, 3.8) is 0 Å². The van der Waals surface area contributed by atoms with Crippen LogP contribution in [-0.2, 0) is 9.59 Å². The van der Waals surface area contributed by atoms with Crippen LogP contribution in [0.3, 0.4) is 0 Å². The number of hydrogen-bond donors (Lipinski definition) is 3. The lowest BCUT2D eigenvalue weighted by molar-refractivity contribution is -0.122. The maximum Gasteiger partial charge on any atom is 0.244 e. The molecule has 5 heteroatoms. The fourth-order valence-corrected chi connectivity index (χ4v) is 2.48. The summed E-state index contributed by atoms with van der Waals surface area (Å²) in [4.78, 5) is 24.2. The maximum atomic E-state index is 12.5. The van der Waals surface area contributed by atoms with E-state index in [0.717, 1.165) is 25.8 Å². The van der Waals surface area contributed by atoms with Gasteiger partial charge in [0.2, 0.25) is 11.8 Å². The largest absolute Gasteiger partial charge is 0.326 e. The predicted molar refractivity (Wildman–Crippen MR) is 88.8 cm³/mol. The Hall–Kier alpha value is -1.88. The van der Waals surface area contributed by atoms with Gasteiger partial charge in [-0.15, -0.1) is 0 Å². The van der Waals surface area contributed by atoms with Crippen molar-refractivity contribution in [2.24, 2.45) is 5.92 Å². The Morgan fingerprint density at radius 2 is 1.86 bits per heavy atom. The van der Waals surface area contributed by atoms with Crippen molar-refractivity contribution in [2.75, 3.05) is 17.2 Å². The Kier molecular flexibility index (Phi) is 5.19. The second kappa shape index (κ2) is 6.92. The number of nitrogens with one attached hydrogen (secondary N) is 3. The molecule has 0 radical (unpaired) electrons.